The molecule has 0 bridgehead atoms. The van der Waals surface area contributed by atoms with Crippen molar-refractivity contribution in [1.82, 2.24) is 5.32 Å². The van der Waals surface area contributed by atoms with Crippen molar-refractivity contribution in [2.75, 3.05) is 14.2 Å². The van der Waals surface area contributed by atoms with Gasteiger partial charge in [0.15, 0.2) is 6.10 Å². The predicted molar refractivity (Wildman–Crippen MR) is 99.5 cm³/mol. The monoisotopic (exact) mass is 355 g/mol. The molecule has 5 heteroatoms. The van der Waals surface area contributed by atoms with Crippen LogP contribution in [0, 0.1) is 0 Å². The number of ether oxygens (including phenoxy) is 2. The summed E-state index contributed by atoms with van der Waals surface area (Å²) in [6.07, 6.45) is 0.801. The lowest BCUT2D eigenvalue weighted by Gasteiger charge is -2.22. The second-order valence-electron chi connectivity index (χ2n) is 6.04. The number of benzene rings is 2. The number of carbonyl (C=O) groups is 2. The van der Waals surface area contributed by atoms with Crippen LogP contribution in [0.5, 0.6) is 0 Å². The normalized spacial score (nSPS) is 12.8. The summed E-state index contributed by atoms with van der Waals surface area (Å²) in [5, 5.41) is 2.94. The molecule has 138 valence electrons. The molecule has 2 unspecified atom stereocenters. The molecule has 5 nitrogen and oxygen atoms in total. The van der Waals surface area contributed by atoms with Gasteiger partial charge >= 0.3 is 5.97 Å². The van der Waals surface area contributed by atoms with Gasteiger partial charge in [0.1, 0.15) is 0 Å². The fourth-order valence-corrected chi connectivity index (χ4v) is 2.79. The van der Waals surface area contributed by atoms with E-state index in [0.717, 1.165) is 17.5 Å². The molecule has 2 atom stereocenters. The molecule has 1 N–H and O–H groups in total. The summed E-state index contributed by atoms with van der Waals surface area (Å²) >= 11 is 0. The van der Waals surface area contributed by atoms with Crippen LogP contribution in [0.15, 0.2) is 60.7 Å². The molecule has 0 saturated heterocycles. The van der Waals surface area contributed by atoms with Gasteiger partial charge in [0.2, 0.25) is 0 Å². The molecule has 0 aromatic heterocycles. The number of methoxy groups -OCH3 is 2. The first-order valence-corrected chi connectivity index (χ1v) is 8.63. The van der Waals surface area contributed by atoms with E-state index in [2.05, 4.69) is 5.32 Å². The van der Waals surface area contributed by atoms with Gasteiger partial charge in [-0.25, -0.2) is 0 Å². The summed E-state index contributed by atoms with van der Waals surface area (Å²) in [6.45, 7) is 0. The maximum absolute atomic E-state index is 12.7. The smallest absolute Gasteiger partial charge is 0.307 e. The fourth-order valence-electron chi connectivity index (χ4n) is 2.79. The van der Waals surface area contributed by atoms with Crippen LogP contribution in [-0.2, 0) is 25.5 Å². The molecule has 2 rings (SSSR count). The van der Waals surface area contributed by atoms with Crippen LogP contribution in [0.3, 0.4) is 0 Å². The van der Waals surface area contributed by atoms with Crippen molar-refractivity contribution in [3.8, 4) is 0 Å². The van der Waals surface area contributed by atoms with Crippen molar-refractivity contribution < 1.29 is 19.1 Å². The van der Waals surface area contributed by atoms with Crippen molar-refractivity contribution in [1.29, 1.82) is 0 Å². The summed E-state index contributed by atoms with van der Waals surface area (Å²) < 4.78 is 10.1. The minimum atomic E-state index is -0.715. The Labute approximate surface area is 154 Å². The zero-order valence-corrected chi connectivity index (χ0v) is 15.2. The van der Waals surface area contributed by atoms with E-state index in [0.29, 0.717) is 6.42 Å². The van der Waals surface area contributed by atoms with E-state index in [1.165, 1.54) is 14.2 Å². The Bertz CT molecular complexity index is 688. The van der Waals surface area contributed by atoms with E-state index in [4.69, 9.17) is 9.47 Å². The van der Waals surface area contributed by atoms with E-state index in [9.17, 15) is 9.59 Å². The summed E-state index contributed by atoms with van der Waals surface area (Å²) in [7, 11) is 2.84. The van der Waals surface area contributed by atoms with Crippen molar-refractivity contribution in [2.45, 2.75) is 31.4 Å². The number of aryl methyl sites for hydroxylation is 1. The molecule has 0 aliphatic rings. The zero-order chi connectivity index (χ0) is 18.8. The lowest BCUT2D eigenvalue weighted by atomic mass is 10.0. The topological polar surface area (TPSA) is 64.6 Å². The number of carbonyl (C=O) groups excluding carboxylic acids is 2. The van der Waals surface area contributed by atoms with Crippen LogP contribution >= 0.6 is 0 Å². The standard InChI is InChI=1S/C21H25NO4/c1-25-19(23)15-18(14-13-16-9-5-3-6-10-16)22-21(24)20(26-2)17-11-7-4-8-12-17/h3-12,18,20H,13-15H2,1-2H3,(H,22,24). The first-order valence-electron chi connectivity index (χ1n) is 8.63. The first-order chi connectivity index (χ1) is 12.6. The van der Waals surface area contributed by atoms with E-state index in [1.807, 2.05) is 60.7 Å². The highest BCUT2D eigenvalue weighted by molar-refractivity contribution is 5.83. The third-order valence-electron chi connectivity index (χ3n) is 4.19. The largest absolute Gasteiger partial charge is 0.469 e. The summed E-state index contributed by atoms with van der Waals surface area (Å²) in [5.74, 6) is -0.613. The summed E-state index contributed by atoms with van der Waals surface area (Å²) in [5.41, 5.74) is 1.93. The van der Waals surface area contributed by atoms with Gasteiger partial charge in [-0.1, -0.05) is 60.7 Å². The van der Waals surface area contributed by atoms with E-state index in [1.54, 1.807) is 0 Å². The van der Waals surface area contributed by atoms with Crippen molar-refractivity contribution in [3.63, 3.8) is 0 Å². The third-order valence-corrected chi connectivity index (χ3v) is 4.19. The Hall–Kier alpha value is -2.66. The number of hydrogen-bond acceptors (Lipinski definition) is 4. The second-order valence-corrected chi connectivity index (χ2v) is 6.04. The highest BCUT2D eigenvalue weighted by Gasteiger charge is 2.24. The Morgan fingerprint density at radius 1 is 0.962 bits per heavy atom. The minimum Gasteiger partial charge on any atom is -0.469 e. The van der Waals surface area contributed by atoms with Gasteiger partial charge in [0.25, 0.3) is 5.91 Å². The molecule has 1 amide bonds. The number of rotatable bonds is 9. The molecule has 0 fully saturated rings. The SMILES string of the molecule is COC(=O)CC(CCc1ccccc1)NC(=O)C(OC)c1ccccc1. The summed E-state index contributed by atoms with van der Waals surface area (Å²) in [4.78, 5) is 24.4. The number of amides is 1. The van der Waals surface area contributed by atoms with Crippen LogP contribution in [0.1, 0.15) is 30.1 Å². The molecule has 2 aromatic carbocycles. The van der Waals surface area contributed by atoms with Crippen LogP contribution in [0.4, 0.5) is 0 Å². The molecule has 2 aromatic rings. The molecule has 0 aliphatic heterocycles. The molecule has 0 aliphatic carbocycles. The lowest BCUT2D eigenvalue weighted by molar-refractivity contribution is -0.141. The van der Waals surface area contributed by atoms with Crippen LogP contribution in [-0.4, -0.2) is 32.1 Å². The van der Waals surface area contributed by atoms with Crippen molar-refractivity contribution in [2.24, 2.45) is 0 Å². The van der Waals surface area contributed by atoms with Crippen LogP contribution < -0.4 is 5.32 Å². The molecule has 0 radical (unpaired) electrons. The van der Waals surface area contributed by atoms with Crippen molar-refractivity contribution in [3.05, 3.63) is 71.8 Å². The quantitative estimate of drug-likeness (QED) is 0.702. The zero-order valence-electron chi connectivity index (χ0n) is 15.2. The Morgan fingerprint density at radius 3 is 2.15 bits per heavy atom. The summed E-state index contributed by atoms with van der Waals surface area (Å²) in [6, 6.07) is 18.9. The fraction of sp³-hybridized carbons (Fsp3) is 0.333. The van der Waals surface area contributed by atoms with Gasteiger partial charge in [-0.3, -0.25) is 9.59 Å². The van der Waals surface area contributed by atoms with E-state index < -0.39 is 6.10 Å². The molecule has 26 heavy (non-hydrogen) atoms. The van der Waals surface area contributed by atoms with Gasteiger partial charge in [-0.15, -0.1) is 0 Å². The average Bonchev–Trinajstić information content (AvgIpc) is 2.68. The van der Waals surface area contributed by atoms with Crippen LogP contribution in [0.2, 0.25) is 0 Å². The minimum absolute atomic E-state index is 0.125. The molecular formula is C21H25NO4. The molecule has 0 heterocycles. The van der Waals surface area contributed by atoms with Crippen LogP contribution in [0.25, 0.3) is 0 Å². The maximum Gasteiger partial charge on any atom is 0.307 e. The lowest BCUT2D eigenvalue weighted by Crippen LogP contribution is -2.40. The number of hydrogen-bond donors (Lipinski definition) is 1. The second kappa shape index (κ2) is 10.4. The van der Waals surface area contributed by atoms with E-state index in [-0.39, 0.29) is 24.3 Å². The van der Waals surface area contributed by atoms with E-state index >= 15 is 0 Å². The Kier molecular flexibility index (Phi) is 7.83. The highest BCUT2D eigenvalue weighted by atomic mass is 16.5. The van der Waals surface area contributed by atoms with Gasteiger partial charge < -0.3 is 14.8 Å². The highest BCUT2D eigenvalue weighted by Crippen LogP contribution is 2.17. The maximum atomic E-state index is 12.7. The first kappa shape index (κ1) is 19.7. The van der Waals surface area contributed by atoms with Gasteiger partial charge in [-0.2, -0.15) is 0 Å². The number of esters is 1. The molecule has 0 spiro atoms. The Morgan fingerprint density at radius 2 is 1.58 bits per heavy atom. The molecule has 0 saturated carbocycles. The van der Waals surface area contributed by atoms with Crippen molar-refractivity contribution >= 4 is 11.9 Å². The van der Waals surface area contributed by atoms with Gasteiger partial charge in [0, 0.05) is 13.2 Å². The van der Waals surface area contributed by atoms with Gasteiger partial charge in [0.05, 0.1) is 13.5 Å². The molecular weight excluding hydrogens is 330 g/mol. The average molecular weight is 355 g/mol. The predicted octanol–water partition coefficient (Wildman–Crippen LogP) is 3.05. The Balaban J connectivity index is 2.04. The number of nitrogens with one attached hydrogen (secondary N) is 1. The van der Waals surface area contributed by atoms with Gasteiger partial charge in [-0.05, 0) is 24.0 Å². The third kappa shape index (κ3) is 6.01.